The Morgan fingerprint density at radius 3 is 1.81 bits per heavy atom. The van der Waals surface area contributed by atoms with Gasteiger partial charge in [-0.3, -0.25) is 14.4 Å². The number of rotatable bonds is 13. The van der Waals surface area contributed by atoms with Crippen LogP contribution in [0, 0.1) is 0 Å². The summed E-state index contributed by atoms with van der Waals surface area (Å²) in [7, 11) is 1.84. The van der Waals surface area contributed by atoms with Crippen LogP contribution >= 0.6 is 0 Å². The van der Waals surface area contributed by atoms with Crippen molar-refractivity contribution >= 4 is 17.7 Å². The fourth-order valence-corrected chi connectivity index (χ4v) is 4.36. The zero-order valence-corrected chi connectivity index (χ0v) is 20.6. The molecule has 0 unspecified atom stereocenters. The van der Waals surface area contributed by atoms with Crippen LogP contribution in [-0.4, -0.2) is 42.3 Å². The molecule has 188 valence electrons. The van der Waals surface area contributed by atoms with Gasteiger partial charge in [-0.15, -0.1) is 0 Å². The van der Waals surface area contributed by atoms with E-state index in [1.807, 2.05) is 92.0 Å². The summed E-state index contributed by atoms with van der Waals surface area (Å²) in [4.78, 5) is 39.8. The molecule has 3 rings (SSSR count). The van der Waals surface area contributed by atoms with E-state index in [2.05, 4.69) is 5.32 Å². The number of carbonyl (C=O) groups excluding carboxylic acids is 3. The van der Waals surface area contributed by atoms with E-state index in [-0.39, 0.29) is 18.9 Å². The van der Waals surface area contributed by atoms with Crippen LogP contribution in [0.4, 0.5) is 0 Å². The normalized spacial score (nSPS) is 11.7. The molecule has 0 saturated carbocycles. The minimum atomic E-state index is -0.772. The monoisotopic (exact) mass is 486 g/mol. The third kappa shape index (κ3) is 7.26. The molecule has 0 spiro atoms. The molecule has 0 fully saturated rings. The molecule has 0 heterocycles. The summed E-state index contributed by atoms with van der Waals surface area (Å²) in [6, 6.07) is 25.7. The van der Waals surface area contributed by atoms with Gasteiger partial charge in [-0.05, 0) is 48.7 Å². The van der Waals surface area contributed by atoms with Crippen molar-refractivity contribution in [3.8, 4) is 0 Å². The van der Waals surface area contributed by atoms with E-state index in [0.717, 1.165) is 22.3 Å². The first kappa shape index (κ1) is 26.6. The Labute approximate surface area is 212 Å². The Morgan fingerprint density at radius 2 is 1.33 bits per heavy atom. The highest BCUT2D eigenvalue weighted by Crippen LogP contribution is 2.29. The van der Waals surface area contributed by atoms with E-state index in [1.54, 1.807) is 4.90 Å². The van der Waals surface area contributed by atoms with E-state index in [4.69, 9.17) is 11.5 Å². The van der Waals surface area contributed by atoms with Crippen LogP contribution in [0.25, 0.3) is 0 Å². The van der Waals surface area contributed by atoms with Crippen molar-refractivity contribution in [2.24, 2.45) is 11.5 Å². The average Bonchev–Trinajstić information content (AvgIpc) is 2.87. The first-order valence-electron chi connectivity index (χ1n) is 12.1. The van der Waals surface area contributed by atoms with Crippen LogP contribution in [0.2, 0.25) is 0 Å². The predicted octanol–water partition coefficient (Wildman–Crippen LogP) is 2.73. The molecule has 0 aliphatic heterocycles. The molecular formula is C29H34N4O3. The Morgan fingerprint density at radius 1 is 0.806 bits per heavy atom. The van der Waals surface area contributed by atoms with Crippen LogP contribution < -0.4 is 16.8 Å². The van der Waals surface area contributed by atoms with E-state index < -0.39 is 23.8 Å². The highest BCUT2D eigenvalue weighted by atomic mass is 16.2. The van der Waals surface area contributed by atoms with Gasteiger partial charge in [0.15, 0.2) is 0 Å². The lowest BCUT2D eigenvalue weighted by Gasteiger charge is -2.33. The molecule has 3 aromatic rings. The second-order valence-electron chi connectivity index (χ2n) is 8.84. The summed E-state index contributed by atoms with van der Waals surface area (Å²) in [6.45, 7) is 0.910. The fraction of sp³-hybridized carbons (Fsp3) is 0.276. The molecule has 0 aromatic heterocycles. The average molecular weight is 487 g/mol. The molecule has 0 radical (unpaired) electrons. The van der Waals surface area contributed by atoms with Crippen molar-refractivity contribution < 1.29 is 14.4 Å². The summed E-state index contributed by atoms with van der Waals surface area (Å²) in [5.74, 6) is -1.73. The second kappa shape index (κ2) is 13.2. The molecular weight excluding hydrogens is 452 g/mol. The number of hydrogen-bond acceptors (Lipinski definition) is 4. The summed E-state index contributed by atoms with van der Waals surface area (Å²) >= 11 is 0. The third-order valence-electron chi connectivity index (χ3n) is 6.16. The zero-order chi connectivity index (χ0) is 25.9. The van der Waals surface area contributed by atoms with Crippen LogP contribution in [0.3, 0.4) is 0 Å². The molecule has 36 heavy (non-hydrogen) atoms. The van der Waals surface area contributed by atoms with Crippen LogP contribution in [0.1, 0.15) is 41.0 Å². The maximum Gasteiger partial charge on any atom is 0.240 e. The van der Waals surface area contributed by atoms with Crippen molar-refractivity contribution in [2.45, 2.75) is 37.8 Å². The fourth-order valence-electron chi connectivity index (χ4n) is 4.36. The van der Waals surface area contributed by atoms with Gasteiger partial charge in [0.1, 0.15) is 6.04 Å². The van der Waals surface area contributed by atoms with Crippen molar-refractivity contribution in [3.63, 3.8) is 0 Å². The number of nitrogens with two attached hydrogens (primary N) is 2. The van der Waals surface area contributed by atoms with Gasteiger partial charge in [0.05, 0.1) is 12.3 Å². The van der Waals surface area contributed by atoms with E-state index in [1.165, 1.54) is 0 Å². The Kier molecular flexibility index (Phi) is 9.77. The smallest absolute Gasteiger partial charge is 0.240 e. The first-order valence-corrected chi connectivity index (χ1v) is 12.1. The molecule has 0 saturated heterocycles. The number of nitrogens with one attached hydrogen (secondary N) is 1. The molecule has 3 amide bonds. The molecule has 7 nitrogen and oxygen atoms in total. The van der Waals surface area contributed by atoms with Gasteiger partial charge in [-0.25, -0.2) is 0 Å². The van der Waals surface area contributed by atoms with Crippen molar-refractivity contribution in [2.75, 3.05) is 13.6 Å². The topological polar surface area (TPSA) is 119 Å². The lowest BCUT2D eigenvalue weighted by molar-refractivity contribution is -0.141. The highest BCUT2D eigenvalue weighted by molar-refractivity contribution is 5.92. The van der Waals surface area contributed by atoms with Crippen molar-refractivity contribution in [1.29, 1.82) is 0 Å². The summed E-state index contributed by atoms with van der Waals surface area (Å²) in [5, 5.41) is 3.08. The predicted molar refractivity (Wildman–Crippen MR) is 141 cm³/mol. The van der Waals surface area contributed by atoms with Gasteiger partial charge in [0.2, 0.25) is 17.7 Å². The number of primary amides is 2. The lowest BCUT2D eigenvalue weighted by Crippen LogP contribution is -2.49. The van der Waals surface area contributed by atoms with E-state index in [0.29, 0.717) is 19.4 Å². The molecule has 3 aromatic carbocycles. The highest BCUT2D eigenvalue weighted by Gasteiger charge is 2.34. The van der Waals surface area contributed by atoms with Gasteiger partial charge in [-0.1, -0.05) is 84.9 Å². The lowest BCUT2D eigenvalue weighted by atomic mass is 9.89. The van der Waals surface area contributed by atoms with Crippen molar-refractivity contribution in [1.82, 2.24) is 10.2 Å². The SMILES string of the molecule is CNCCC[C@H](C(N)=O)N(Cc1ccc(CC(N)=O)cc1)C(=O)C(c1ccccc1)c1ccccc1. The maximum absolute atomic E-state index is 14.3. The minimum absolute atomic E-state index is 0.140. The standard InChI is InChI=1S/C29H34N4O3/c1-32-18-8-13-25(28(31)35)33(20-22-16-14-21(15-17-22)19-26(30)34)29(36)27(23-9-4-2-5-10-23)24-11-6-3-7-12-24/h2-7,9-12,14-17,25,27,32H,8,13,18-20H2,1H3,(H2,30,34)(H2,31,35)/t25-/m1/s1. The molecule has 0 aliphatic rings. The quantitative estimate of drug-likeness (QED) is 0.322. The third-order valence-corrected chi connectivity index (χ3v) is 6.16. The Bertz CT molecular complexity index is 1090. The first-order chi connectivity index (χ1) is 17.4. The largest absolute Gasteiger partial charge is 0.369 e. The second-order valence-corrected chi connectivity index (χ2v) is 8.84. The zero-order valence-electron chi connectivity index (χ0n) is 20.6. The minimum Gasteiger partial charge on any atom is -0.369 e. The van der Waals surface area contributed by atoms with E-state index >= 15 is 0 Å². The van der Waals surface area contributed by atoms with Crippen LogP contribution in [0.5, 0.6) is 0 Å². The van der Waals surface area contributed by atoms with Crippen LogP contribution in [-0.2, 0) is 27.3 Å². The number of hydrogen-bond donors (Lipinski definition) is 3. The van der Waals surface area contributed by atoms with E-state index in [9.17, 15) is 14.4 Å². The molecule has 7 heteroatoms. The molecule has 1 atom stereocenters. The number of amides is 3. The Hall–Kier alpha value is -3.97. The molecule has 0 aliphatic carbocycles. The van der Waals surface area contributed by atoms with Gasteiger partial charge in [0, 0.05) is 6.54 Å². The number of carbonyl (C=O) groups is 3. The Balaban J connectivity index is 2.01. The maximum atomic E-state index is 14.3. The van der Waals surface area contributed by atoms with Gasteiger partial charge in [-0.2, -0.15) is 0 Å². The van der Waals surface area contributed by atoms with Gasteiger partial charge in [0.25, 0.3) is 0 Å². The van der Waals surface area contributed by atoms with Gasteiger partial charge < -0.3 is 21.7 Å². The van der Waals surface area contributed by atoms with Gasteiger partial charge >= 0.3 is 0 Å². The number of benzene rings is 3. The molecule has 5 N–H and O–H groups in total. The van der Waals surface area contributed by atoms with Crippen LogP contribution in [0.15, 0.2) is 84.9 Å². The summed E-state index contributed by atoms with van der Waals surface area (Å²) in [6.07, 6.45) is 1.27. The molecule has 0 bridgehead atoms. The number of nitrogens with zero attached hydrogens (tertiary/aromatic N) is 1. The van der Waals surface area contributed by atoms with Crippen molar-refractivity contribution in [3.05, 3.63) is 107 Å². The summed E-state index contributed by atoms with van der Waals surface area (Å²) < 4.78 is 0. The summed E-state index contributed by atoms with van der Waals surface area (Å²) in [5.41, 5.74) is 14.5.